The Morgan fingerprint density at radius 2 is 2.05 bits per heavy atom. The van der Waals surface area contributed by atoms with Gasteiger partial charge in [-0.2, -0.15) is 0 Å². The molecule has 0 bridgehead atoms. The van der Waals surface area contributed by atoms with Gasteiger partial charge in [0, 0.05) is 10.5 Å². The zero-order chi connectivity index (χ0) is 13.7. The van der Waals surface area contributed by atoms with Crippen LogP contribution in [0.25, 0.3) is 11.0 Å². The van der Waals surface area contributed by atoms with Crippen LogP contribution in [0, 0.1) is 0 Å². The number of rotatable bonds is 7. The van der Waals surface area contributed by atoms with Gasteiger partial charge in [-0.3, -0.25) is 0 Å². The zero-order valence-electron chi connectivity index (χ0n) is 11.9. The van der Waals surface area contributed by atoms with Crippen LogP contribution in [0.15, 0.2) is 29.0 Å². The quantitative estimate of drug-likeness (QED) is 0.596. The molecule has 0 N–H and O–H groups in total. The molecule has 0 spiro atoms. The summed E-state index contributed by atoms with van der Waals surface area (Å²) in [6.45, 7) is 4.53. The third kappa shape index (κ3) is 3.59. The van der Waals surface area contributed by atoms with Crippen molar-refractivity contribution in [3.05, 3.63) is 29.0 Å². The largest absolute Gasteiger partial charge is 0.327 e. The van der Waals surface area contributed by atoms with Crippen molar-refractivity contribution in [1.29, 1.82) is 0 Å². The summed E-state index contributed by atoms with van der Waals surface area (Å²) in [5.41, 5.74) is 2.34. The average molecular weight is 323 g/mol. The fourth-order valence-corrected chi connectivity index (χ4v) is 2.99. The van der Waals surface area contributed by atoms with Crippen LogP contribution < -0.4 is 0 Å². The van der Waals surface area contributed by atoms with E-state index in [9.17, 15) is 0 Å². The van der Waals surface area contributed by atoms with Gasteiger partial charge in [0.25, 0.3) is 0 Å². The molecule has 0 aliphatic rings. The molecule has 0 saturated carbocycles. The number of benzene rings is 1. The monoisotopic (exact) mass is 322 g/mol. The molecule has 1 atom stereocenters. The second kappa shape index (κ2) is 7.09. The lowest BCUT2D eigenvalue weighted by molar-refractivity contribution is 0.437. The smallest absolute Gasteiger partial charge is 0.0960 e. The summed E-state index contributed by atoms with van der Waals surface area (Å²) < 4.78 is 3.48. The Balaban J connectivity index is 2.13. The lowest BCUT2D eigenvalue weighted by atomic mass is 10.0. The Morgan fingerprint density at radius 1 is 1.21 bits per heavy atom. The lowest BCUT2D eigenvalue weighted by Gasteiger charge is -2.17. The Bertz CT molecular complexity index is 518. The molecule has 2 aromatic rings. The van der Waals surface area contributed by atoms with Gasteiger partial charge in [-0.1, -0.05) is 55.5 Å². The highest BCUT2D eigenvalue weighted by Gasteiger charge is 2.12. The van der Waals surface area contributed by atoms with Crippen molar-refractivity contribution in [2.24, 2.45) is 0 Å². The molecule has 2 rings (SSSR count). The van der Waals surface area contributed by atoms with E-state index in [1.54, 1.807) is 0 Å². The number of unbranched alkanes of at least 4 members (excludes halogenated alkanes) is 3. The van der Waals surface area contributed by atoms with Crippen LogP contribution in [0.1, 0.15) is 58.4 Å². The lowest BCUT2D eigenvalue weighted by Crippen LogP contribution is -2.06. The zero-order valence-corrected chi connectivity index (χ0v) is 13.5. The first kappa shape index (κ1) is 14.6. The summed E-state index contributed by atoms with van der Waals surface area (Å²) in [6, 6.07) is 6.90. The first-order chi connectivity index (χ1) is 9.26. The second-order valence-corrected chi connectivity index (χ2v) is 6.11. The van der Waals surface area contributed by atoms with Gasteiger partial charge in [0.1, 0.15) is 0 Å². The van der Waals surface area contributed by atoms with Crippen molar-refractivity contribution < 1.29 is 0 Å². The fourth-order valence-electron chi connectivity index (χ4n) is 2.64. The molecule has 0 amide bonds. The maximum absolute atomic E-state index is 4.52. The number of hydrogen-bond acceptors (Lipinski definition) is 1. The molecular weight excluding hydrogens is 300 g/mol. The molecule has 0 radical (unpaired) electrons. The van der Waals surface area contributed by atoms with E-state index in [0.29, 0.717) is 6.04 Å². The molecule has 3 heteroatoms. The summed E-state index contributed by atoms with van der Waals surface area (Å²) in [6.07, 6.45) is 9.76. The van der Waals surface area contributed by atoms with E-state index >= 15 is 0 Å². The van der Waals surface area contributed by atoms with Crippen LogP contribution in [0.5, 0.6) is 0 Å². The number of halogens is 1. The van der Waals surface area contributed by atoms with E-state index < -0.39 is 0 Å². The van der Waals surface area contributed by atoms with E-state index in [-0.39, 0.29) is 0 Å². The van der Waals surface area contributed by atoms with E-state index in [4.69, 9.17) is 0 Å². The van der Waals surface area contributed by atoms with Gasteiger partial charge in [-0.25, -0.2) is 4.98 Å². The molecule has 1 aromatic heterocycles. The minimum atomic E-state index is 0.580. The highest BCUT2D eigenvalue weighted by atomic mass is 79.9. The molecule has 1 heterocycles. The third-order valence-electron chi connectivity index (χ3n) is 3.79. The molecular formula is C16H23BrN2. The van der Waals surface area contributed by atoms with Gasteiger partial charge in [0.2, 0.25) is 0 Å². The molecule has 0 fully saturated rings. The van der Waals surface area contributed by atoms with Crippen LogP contribution in [0.2, 0.25) is 0 Å². The third-order valence-corrected chi connectivity index (χ3v) is 4.29. The number of imidazole rings is 1. The Morgan fingerprint density at radius 3 is 2.79 bits per heavy atom. The number of aromatic nitrogens is 2. The van der Waals surface area contributed by atoms with Crippen LogP contribution >= 0.6 is 15.9 Å². The Kier molecular flexibility index (Phi) is 5.44. The fraction of sp³-hybridized carbons (Fsp3) is 0.562. The minimum absolute atomic E-state index is 0.580. The highest BCUT2D eigenvalue weighted by molar-refractivity contribution is 9.10. The van der Waals surface area contributed by atoms with Crippen molar-refractivity contribution in [2.75, 3.05) is 0 Å². The molecule has 19 heavy (non-hydrogen) atoms. The van der Waals surface area contributed by atoms with Crippen molar-refractivity contribution in [2.45, 2.75) is 58.4 Å². The summed E-state index contributed by atoms with van der Waals surface area (Å²) >= 11 is 3.55. The molecule has 0 saturated heterocycles. The normalized spacial score (nSPS) is 13.0. The molecule has 2 nitrogen and oxygen atoms in total. The molecule has 104 valence electrons. The summed E-state index contributed by atoms with van der Waals surface area (Å²) in [7, 11) is 0. The van der Waals surface area contributed by atoms with Crippen molar-refractivity contribution in [3.8, 4) is 0 Å². The van der Waals surface area contributed by atoms with Crippen LogP contribution in [0.4, 0.5) is 0 Å². The molecule has 0 aliphatic heterocycles. The minimum Gasteiger partial charge on any atom is -0.327 e. The van der Waals surface area contributed by atoms with Gasteiger partial charge >= 0.3 is 0 Å². The van der Waals surface area contributed by atoms with E-state index in [1.807, 2.05) is 6.33 Å². The summed E-state index contributed by atoms with van der Waals surface area (Å²) in [4.78, 5) is 4.52. The van der Waals surface area contributed by atoms with Crippen molar-refractivity contribution in [1.82, 2.24) is 9.55 Å². The van der Waals surface area contributed by atoms with Gasteiger partial charge in [0.15, 0.2) is 0 Å². The molecule has 1 aromatic carbocycles. The van der Waals surface area contributed by atoms with E-state index in [2.05, 4.69) is 57.5 Å². The van der Waals surface area contributed by atoms with Crippen molar-refractivity contribution in [3.63, 3.8) is 0 Å². The predicted octanol–water partition coefficient (Wildman–Crippen LogP) is 5.72. The first-order valence-electron chi connectivity index (χ1n) is 7.38. The van der Waals surface area contributed by atoms with E-state index in [0.717, 1.165) is 9.99 Å². The first-order valence-corrected chi connectivity index (χ1v) is 8.17. The molecule has 0 aliphatic carbocycles. The Labute approximate surface area is 124 Å². The number of hydrogen-bond donors (Lipinski definition) is 0. The van der Waals surface area contributed by atoms with Crippen LogP contribution in [-0.2, 0) is 0 Å². The van der Waals surface area contributed by atoms with Crippen molar-refractivity contribution >= 4 is 27.0 Å². The molecule has 1 unspecified atom stereocenters. The maximum atomic E-state index is 4.52. The topological polar surface area (TPSA) is 17.8 Å². The predicted molar refractivity (Wildman–Crippen MR) is 85.5 cm³/mol. The summed E-state index contributed by atoms with van der Waals surface area (Å²) in [5, 5.41) is 0. The van der Waals surface area contributed by atoms with Gasteiger partial charge in [0.05, 0.1) is 17.4 Å². The maximum Gasteiger partial charge on any atom is 0.0960 e. The summed E-state index contributed by atoms with van der Waals surface area (Å²) in [5.74, 6) is 0. The van der Waals surface area contributed by atoms with Crippen LogP contribution in [0.3, 0.4) is 0 Å². The van der Waals surface area contributed by atoms with Gasteiger partial charge < -0.3 is 4.57 Å². The number of fused-ring (bicyclic) bond motifs is 1. The van der Waals surface area contributed by atoms with Crippen LogP contribution in [-0.4, -0.2) is 9.55 Å². The van der Waals surface area contributed by atoms with E-state index in [1.165, 1.54) is 44.0 Å². The van der Waals surface area contributed by atoms with Gasteiger partial charge in [-0.05, 0) is 31.0 Å². The standard InChI is InChI=1S/C16H23BrN2/c1-3-5-6-7-8-14(4-2)19-12-18-15-10-9-13(17)11-16(15)19/h9-12,14H,3-8H2,1-2H3. The average Bonchev–Trinajstić information content (AvgIpc) is 2.82. The second-order valence-electron chi connectivity index (χ2n) is 5.20. The number of nitrogens with zero attached hydrogens (tertiary/aromatic N) is 2. The Hall–Kier alpha value is -0.830. The SMILES string of the molecule is CCCCCCC(CC)n1cnc2ccc(Br)cc21. The highest BCUT2D eigenvalue weighted by Crippen LogP contribution is 2.26. The van der Waals surface area contributed by atoms with Gasteiger partial charge in [-0.15, -0.1) is 0 Å².